The third-order valence-electron chi connectivity index (χ3n) is 2.14. The standard InChI is InChI=1S/C10H10Cl2O5S/c11-6-4-7(10(14)15)9(12)8(5-6)18(16,17)3-1-2-13/h4-5,13H,1-3H2,(H,14,15). The summed E-state index contributed by atoms with van der Waals surface area (Å²) in [6.45, 7) is -0.288. The zero-order chi connectivity index (χ0) is 13.9. The normalized spacial score (nSPS) is 11.5. The van der Waals surface area contributed by atoms with Gasteiger partial charge in [-0.05, 0) is 18.6 Å². The maximum Gasteiger partial charge on any atom is 0.337 e. The van der Waals surface area contributed by atoms with Gasteiger partial charge in [0.2, 0.25) is 0 Å². The molecule has 18 heavy (non-hydrogen) atoms. The monoisotopic (exact) mass is 312 g/mol. The number of benzene rings is 1. The second-order valence-corrected chi connectivity index (χ2v) is 6.36. The molecule has 1 rings (SSSR count). The molecule has 0 fully saturated rings. The molecule has 0 amide bonds. The lowest BCUT2D eigenvalue weighted by molar-refractivity contribution is 0.0697. The SMILES string of the molecule is O=C(O)c1cc(Cl)cc(S(=O)(=O)CCCO)c1Cl. The fraction of sp³-hybridized carbons (Fsp3) is 0.300. The average molecular weight is 313 g/mol. The third kappa shape index (κ3) is 3.35. The number of aromatic carboxylic acids is 1. The van der Waals surface area contributed by atoms with Crippen LogP contribution in [-0.4, -0.2) is 37.0 Å². The second-order valence-electron chi connectivity index (χ2n) is 3.47. The second kappa shape index (κ2) is 5.88. The number of hydrogen-bond acceptors (Lipinski definition) is 4. The molecule has 2 N–H and O–H groups in total. The lowest BCUT2D eigenvalue weighted by atomic mass is 10.2. The maximum atomic E-state index is 11.9. The molecule has 0 heterocycles. The summed E-state index contributed by atoms with van der Waals surface area (Å²) in [4.78, 5) is 10.6. The fourth-order valence-corrected chi connectivity index (χ4v) is 3.55. The molecule has 0 radical (unpaired) electrons. The van der Waals surface area contributed by atoms with Gasteiger partial charge >= 0.3 is 5.97 Å². The fourth-order valence-electron chi connectivity index (χ4n) is 1.31. The zero-order valence-electron chi connectivity index (χ0n) is 9.06. The summed E-state index contributed by atoms with van der Waals surface area (Å²) in [5.74, 6) is -1.69. The molecule has 0 spiro atoms. The Kier molecular flexibility index (Phi) is 4.98. The molecule has 0 saturated carbocycles. The van der Waals surface area contributed by atoms with Crippen molar-refractivity contribution < 1.29 is 23.4 Å². The molecule has 0 unspecified atom stereocenters. The minimum atomic E-state index is -3.77. The van der Waals surface area contributed by atoms with Crippen molar-refractivity contribution in [3.05, 3.63) is 27.7 Å². The van der Waals surface area contributed by atoms with Crippen molar-refractivity contribution in [2.45, 2.75) is 11.3 Å². The Balaban J connectivity index is 3.37. The van der Waals surface area contributed by atoms with Crippen LogP contribution in [0.3, 0.4) is 0 Å². The van der Waals surface area contributed by atoms with Crippen molar-refractivity contribution in [3.8, 4) is 0 Å². The van der Waals surface area contributed by atoms with E-state index in [0.29, 0.717) is 0 Å². The molecule has 5 nitrogen and oxygen atoms in total. The summed E-state index contributed by atoms with van der Waals surface area (Å²) >= 11 is 11.4. The highest BCUT2D eigenvalue weighted by molar-refractivity contribution is 7.91. The third-order valence-corrected chi connectivity index (χ3v) is 4.70. The van der Waals surface area contributed by atoms with Crippen molar-refractivity contribution in [2.24, 2.45) is 0 Å². The van der Waals surface area contributed by atoms with Gasteiger partial charge in [-0.2, -0.15) is 0 Å². The van der Waals surface area contributed by atoms with Crippen LogP contribution < -0.4 is 0 Å². The Morgan fingerprint density at radius 3 is 2.39 bits per heavy atom. The van der Waals surface area contributed by atoms with E-state index in [2.05, 4.69) is 0 Å². The number of carbonyl (C=O) groups is 1. The molecule has 0 atom stereocenters. The minimum Gasteiger partial charge on any atom is -0.478 e. The van der Waals surface area contributed by atoms with Crippen LogP contribution in [0, 0.1) is 0 Å². The summed E-state index contributed by atoms with van der Waals surface area (Å²) in [6.07, 6.45) is 0.0353. The first-order chi connectivity index (χ1) is 8.29. The smallest absolute Gasteiger partial charge is 0.337 e. The number of carboxylic acids is 1. The molecule has 1 aromatic carbocycles. The molecule has 1 aromatic rings. The van der Waals surface area contributed by atoms with E-state index >= 15 is 0 Å². The lowest BCUT2D eigenvalue weighted by Gasteiger charge is -2.09. The van der Waals surface area contributed by atoms with Gasteiger partial charge in [0.1, 0.15) is 0 Å². The van der Waals surface area contributed by atoms with Crippen LogP contribution in [0.2, 0.25) is 10.0 Å². The summed E-state index contributed by atoms with van der Waals surface area (Å²) in [5, 5.41) is 17.1. The first-order valence-electron chi connectivity index (χ1n) is 4.85. The van der Waals surface area contributed by atoms with Crippen LogP contribution >= 0.6 is 23.2 Å². The Bertz CT molecular complexity index is 568. The van der Waals surface area contributed by atoms with Gasteiger partial charge in [-0.15, -0.1) is 0 Å². The number of halogens is 2. The summed E-state index contributed by atoms with van der Waals surface area (Å²) in [5.41, 5.74) is -0.369. The Morgan fingerprint density at radius 1 is 1.28 bits per heavy atom. The van der Waals surface area contributed by atoms with Crippen molar-refractivity contribution >= 4 is 39.0 Å². The summed E-state index contributed by atoms with van der Waals surface area (Å²) < 4.78 is 23.8. The van der Waals surface area contributed by atoms with E-state index in [9.17, 15) is 13.2 Å². The van der Waals surface area contributed by atoms with E-state index < -0.39 is 15.8 Å². The van der Waals surface area contributed by atoms with Gasteiger partial charge in [-0.1, -0.05) is 23.2 Å². The largest absolute Gasteiger partial charge is 0.478 e. The van der Waals surface area contributed by atoms with Crippen LogP contribution in [0.15, 0.2) is 17.0 Å². The highest BCUT2D eigenvalue weighted by atomic mass is 35.5. The predicted octanol–water partition coefficient (Wildman–Crippen LogP) is 1.85. The molecule has 0 saturated heterocycles. The van der Waals surface area contributed by atoms with Gasteiger partial charge in [0.25, 0.3) is 0 Å². The Labute approximate surface area is 114 Å². The van der Waals surface area contributed by atoms with Gasteiger partial charge in [0, 0.05) is 11.6 Å². The number of hydrogen-bond donors (Lipinski definition) is 2. The van der Waals surface area contributed by atoms with Gasteiger partial charge in [0.15, 0.2) is 9.84 Å². The number of rotatable bonds is 5. The molecule has 0 aliphatic rings. The van der Waals surface area contributed by atoms with E-state index in [0.717, 1.165) is 12.1 Å². The molecule has 0 aliphatic heterocycles. The molecule has 0 aliphatic carbocycles. The predicted molar refractivity (Wildman–Crippen MR) is 67.2 cm³/mol. The van der Waals surface area contributed by atoms with E-state index in [-0.39, 0.29) is 39.3 Å². The molecular weight excluding hydrogens is 303 g/mol. The van der Waals surface area contributed by atoms with Crippen LogP contribution in [0.4, 0.5) is 0 Å². The first kappa shape index (κ1) is 15.2. The summed E-state index contributed by atoms with van der Waals surface area (Å²) in [7, 11) is -3.77. The van der Waals surface area contributed by atoms with Crippen LogP contribution in [0.1, 0.15) is 16.8 Å². The molecule has 0 aromatic heterocycles. The van der Waals surface area contributed by atoms with Crippen LogP contribution in [-0.2, 0) is 9.84 Å². The molecule has 8 heteroatoms. The van der Waals surface area contributed by atoms with Crippen molar-refractivity contribution in [1.82, 2.24) is 0 Å². The van der Waals surface area contributed by atoms with E-state index in [1.54, 1.807) is 0 Å². The van der Waals surface area contributed by atoms with Crippen molar-refractivity contribution in [2.75, 3.05) is 12.4 Å². The highest BCUT2D eigenvalue weighted by Crippen LogP contribution is 2.30. The molecular formula is C10H10Cl2O5S. The van der Waals surface area contributed by atoms with E-state index in [1.807, 2.05) is 0 Å². The van der Waals surface area contributed by atoms with E-state index in [1.165, 1.54) is 0 Å². The maximum absolute atomic E-state index is 11.9. The van der Waals surface area contributed by atoms with Crippen molar-refractivity contribution in [1.29, 1.82) is 0 Å². The van der Waals surface area contributed by atoms with Crippen molar-refractivity contribution in [3.63, 3.8) is 0 Å². The molecule has 0 bridgehead atoms. The summed E-state index contributed by atoms with van der Waals surface area (Å²) in [6, 6.07) is 2.18. The van der Waals surface area contributed by atoms with Gasteiger partial charge in [0.05, 0.1) is 21.2 Å². The Morgan fingerprint density at radius 2 is 1.89 bits per heavy atom. The highest BCUT2D eigenvalue weighted by Gasteiger charge is 2.23. The Hall–Kier alpha value is -0.820. The van der Waals surface area contributed by atoms with Crippen LogP contribution in [0.25, 0.3) is 0 Å². The van der Waals surface area contributed by atoms with Crippen LogP contribution in [0.5, 0.6) is 0 Å². The number of sulfone groups is 1. The van der Waals surface area contributed by atoms with Gasteiger partial charge in [-0.25, -0.2) is 13.2 Å². The molecule has 100 valence electrons. The number of aliphatic hydroxyl groups excluding tert-OH is 1. The number of carboxylic acid groups (broad SMARTS) is 1. The topological polar surface area (TPSA) is 91.7 Å². The van der Waals surface area contributed by atoms with Gasteiger partial charge < -0.3 is 10.2 Å². The quantitative estimate of drug-likeness (QED) is 0.865. The zero-order valence-corrected chi connectivity index (χ0v) is 11.4. The number of aliphatic hydroxyl groups is 1. The first-order valence-corrected chi connectivity index (χ1v) is 7.26. The average Bonchev–Trinajstić information content (AvgIpc) is 2.28. The minimum absolute atomic E-state index is 0.0284. The lowest BCUT2D eigenvalue weighted by Crippen LogP contribution is -2.11. The van der Waals surface area contributed by atoms with Gasteiger partial charge in [-0.3, -0.25) is 0 Å². The van der Waals surface area contributed by atoms with E-state index in [4.69, 9.17) is 33.4 Å².